The third kappa shape index (κ3) is 6.97. The maximum atomic E-state index is 12.3. The molecule has 4 heteroatoms. The van der Waals surface area contributed by atoms with Gasteiger partial charge < -0.3 is 14.7 Å². The Bertz CT molecular complexity index is 729. The molecule has 1 fully saturated rings. The van der Waals surface area contributed by atoms with Crippen LogP contribution in [0.2, 0.25) is 0 Å². The van der Waals surface area contributed by atoms with Crippen LogP contribution in [0.4, 0.5) is 0 Å². The molecule has 0 radical (unpaired) electrons. The molecule has 172 valence electrons. The molecule has 0 bridgehead atoms. The SMILES string of the molecule is CCCCC(O)(c1ccc(OCC)cc1)C(CN1CCCCCC1)c1ccccc1.Cl. The Morgan fingerprint density at radius 2 is 1.58 bits per heavy atom. The summed E-state index contributed by atoms with van der Waals surface area (Å²) in [5, 5.41) is 12.3. The number of ether oxygens (including phenoxy) is 1. The molecule has 1 aliphatic rings. The molecule has 2 unspecified atom stereocenters. The smallest absolute Gasteiger partial charge is 0.119 e. The van der Waals surface area contributed by atoms with Gasteiger partial charge in [-0.25, -0.2) is 0 Å². The Hall–Kier alpha value is -1.55. The van der Waals surface area contributed by atoms with Crippen LogP contribution in [0, 0.1) is 0 Å². The van der Waals surface area contributed by atoms with E-state index in [4.69, 9.17) is 4.74 Å². The molecule has 3 nitrogen and oxygen atoms in total. The summed E-state index contributed by atoms with van der Waals surface area (Å²) in [4.78, 5) is 2.58. The lowest BCUT2D eigenvalue weighted by Gasteiger charge is -2.40. The van der Waals surface area contributed by atoms with Crippen LogP contribution in [0.3, 0.4) is 0 Å². The molecule has 1 saturated heterocycles. The molecule has 0 spiro atoms. The maximum Gasteiger partial charge on any atom is 0.119 e. The highest BCUT2D eigenvalue weighted by molar-refractivity contribution is 5.85. The third-order valence-corrected chi connectivity index (χ3v) is 6.49. The Balaban J connectivity index is 0.00000341. The predicted octanol–water partition coefficient (Wildman–Crippen LogP) is 6.54. The van der Waals surface area contributed by atoms with E-state index in [1.54, 1.807) is 0 Å². The topological polar surface area (TPSA) is 32.7 Å². The van der Waals surface area contributed by atoms with E-state index in [0.717, 1.165) is 50.2 Å². The summed E-state index contributed by atoms with van der Waals surface area (Å²) in [6.45, 7) is 8.02. The van der Waals surface area contributed by atoms with E-state index in [1.165, 1.54) is 31.2 Å². The summed E-state index contributed by atoms with van der Waals surface area (Å²) in [6.07, 6.45) is 8.02. The molecule has 1 aliphatic heterocycles. The minimum atomic E-state index is -0.894. The Morgan fingerprint density at radius 3 is 2.16 bits per heavy atom. The van der Waals surface area contributed by atoms with Gasteiger partial charge in [0.05, 0.1) is 12.2 Å². The molecule has 1 heterocycles. The van der Waals surface area contributed by atoms with E-state index in [1.807, 2.05) is 19.1 Å². The largest absolute Gasteiger partial charge is 0.494 e. The van der Waals surface area contributed by atoms with Crippen LogP contribution < -0.4 is 4.74 Å². The lowest BCUT2D eigenvalue weighted by molar-refractivity contribution is -0.0146. The van der Waals surface area contributed by atoms with Crippen molar-refractivity contribution in [3.8, 4) is 5.75 Å². The lowest BCUT2D eigenvalue weighted by Crippen LogP contribution is -2.41. The van der Waals surface area contributed by atoms with Gasteiger partial charge in [0.2, 0.25) is 0 Å². The Labute approximate surface area is 195 Å². The van der Waals surface area contributed by atoms with Gasteiger partial charge in [-0.3, -0.25) is 0 Å². The van der Waals surface area contributed by atoms with Gasteiger partial charge in [0.15, 0.2) is 0 Å². The monoisotopic (exact) mass is 445 g/mol. The molecule has 3 rings (SSSR count). The van der Waals surface area contributed by atoms with E-state index in [2.05, 4.69) is 54.3 Å². The first-order valence-corrected chi connectivity index (χ1v) is 11.9. The second-order valence-electron chi connectivity index (χ2n) is 8.66. The standard InChI is InChI=1S/C27H39NO2.ClH/c1-3-5-19-27(29,24-15-17-25(18-16-24)30-4-2)26(23-13-9-8-10-14-23)22-28-20-11-6-7-12-21-28;/h8-10,13-18,26,29H,3-7,11-12,19-22H2,1-2H3;1H. The molecular weight excluding hydrogens is 406 g/mol. The fourth-order valence-corrected chi connectivity index (χ4v) is 4.77. The summed E-state index contributed by atoms with van der Waals surface area (Å²) in [6, 6.07) is 18.8. The van der Waals surface area contributed by atoms with E-state index in [9.17, 15) is 5.11 Å². The second-order valence-corrected chi connectivity index (χ2v) is 8.66. The van der Waals surface area contributed by atoms with Crippen molar-refractivity contribution in [2.45, 2.75) is 70.3 Å². The lowest BCUT2D eigenvalue weighted by atomic mass is 9.74. The molecule has 31 heavy (non-hydrogen) atoms. The minimum absolute atomic E-state index is 0. The van der Waals surface area contributed by atoms with Crippen molar-refractivity contribution in [3.63, 3.8) is 0 Å². The molecule has 0 amide bonds. The van der Waals surface area contributed by atoms with E-state index >= 15 is 0 Å². The predicted molar refractivity (Wildman–Crippen MR) is 132 cm³/mol. The molecule has 0 aromatic heterocycles. The number of unbranched alkanes of at least 4 members (excludes halogenated alkanes) is 1. The van der Waals surface area contributed by atoms with Gasteiger partial charge in [-0.1, -0.05) is 75.1 Å². The molecule has 0 aliphatic carbocycles. The van der Waals surface area contributed by atoms with E-state index < -0.39 is 5.60 Å². The highest BCUT2D eigenvalue weighted by Gasteiger charge is 2.39. The zero-order valence-corrected chi connectivity index (χ0v) is 20.1. The van der Waals surface area contributed by atoms with Crippen molar-refractivity contribution in [2.75, 3.05) is 26.2 Å². The fourth-order valence-electron chi connectivity index (χ4n) is 4.77. The highest BCUT2D eigenvalue weighted by atomic mass is 35.5. The van der Waals surface area contributed by atoms with Crippen LogP contribution in [0.1, 0.15) is 75.8 Å². The first kappa shape index (κ1) is 25.7. The van der Waals surface area contributed by atoms with E-state index in [0.29, 0.717) is 6.61 Å². The van der Waals surface area contributed by atoms with Gasteiger partial charge in [-0.2, -0.15) is 0 Å². The molecule has 0 saturated carbocycles. The quantitative estimate of drug-likeness (QED) is 0.450. The van der Waals surface area contributed by atoms with Crippen molar-refractivity contribution >= 4 is 12.4 Å². The summed E-state index contributed by atoms with van der Waals surface area (Å²) in [5.41, 5.74) is 1.34. The minimum Gasteiger partial charge on any atom is -0.494 e. The number of nitrogens with zero attached hydrogens (tertiary/aromatic N) is 1. The summed E-state index contributed by atoms with van der Waals surface area (Å²) in [5.74, 6) is 0.907. The van der Waals surface area contributed by atoms with Crippen molar-refractivity contribution < 1.29 is 9.84 Å². The van der Waals surface area contributed by atoms with Crippen LogP contribution in [-0.2, 0) is 5.60 Å². The fraction of sp³-hybridized carbons (Fsp3) is 0.556. The zero-order chi connectivity index (χ0) is 21.2. The molecule has 2 aromatic carbocycles. The van der Waals surface area contributed by atoms with Crippen molar-refractivity contribution in [2.24, 2.45) is 0 Å². The number of halogens is 1. The number of hydrogen-bond donors (Lipinski definition) is 1. The average Bonchev–Trinajstić information content (AvgIpc) is 3.06. The van der Waals surface area contributed by atoms with Crippen molar-refractivity contribution in [1.82, 2.24) is 4.90 Å². The summed E-state index contributed by atoms with van der Waals surface area (Å²) < 4.78 is 5.65. The van der Waals surface area contributed by atoms with Gasteiger partial charge in [0.25, 0.3) is 0 Å². The molecule has 2 atom stereocenters. The Kier molecular flexibility index (Phi) is 10.9. The third-order valence-electron chi connectivity index (χ3n) is 6.49. The van der Waals surface area contributed by atoms with Crippen molar-refractivity contribution in [1.29, 1.82) is 0 Å². The Morgan fingerprint density at radius 1 is 0.935 bits per heavy atom. The van der Waals surface area contributed by atoms with Crippen LogP contribution in [-0.4, -0.2) is 36.2 Å². The number of hydrogen-bond acceptors (Lipinski definition) is 3. The molecular formula is C27H40ClNO2. The normalized spacial score (nSPS) is 17.8. The van der Waals surface area contributed by atoms with Gasteiger partial charge in [-0.05, 0) is 62.5 Å². The molecule has 1 N–H and O–H groups in total. The van der Waals surface area contributed by atoms with Crippen LogP contribution in [0.25, 0.3) is 0 Å². The number of rotatable bonds is 10. The van der Waals surface area contributed by atoms with Crippen LogP contribution in [0.5, 0.6) is 5.75 Å². The zero-order valence-electron chi connectivity index (χ0n) is 19.3. The van der Waals surface area contributed by atoms with Gasteiger partial charge in [-0.15, -0.1) is 12.4 Å². The average molecular weight is 446 g/mol. The van der Waals surface area contributed by atoms with Crippen LogP contribution >= 0.6 is 12.4 Å². The van der Waals surface area contributed by atoms with Gasteiger partial charge >= 0.3 is 0 Å². The van der Waals surface area contributed by atoms with E-state index in [-0.39, 0.29) is 18.3 Å². The first-order valence-electron chi connectivity index (χ1n) is 11.9. The second kappa shape index (κ2) is 13.1. The number of likely N-dealkylation sites (tertiary alicyclic amines) is 1. The van der Waals surface area contributed by atoms with Crippen LogP contribution in [0.15, 0.2) is 54.6 Å². The van der Waals surface area contributed by atoms with Gasteiger partial charge in [0, 0.05) is 12.5 Å². The maximum absolute atomic E-state index is 12.3. The van der Waals surface area contributed by atoms with Gasteiger partial charge in [0.1, 0.15) is 5.75 Å². The number of aliphatic hydroxyl groups is 1. The highest BCUT2D eigenvalue weighted by Crippen LogP contribution is 2.42. The van der Waals surface area contributed by atoms with Crippen molar-refractivity contribution in [3.05, 3.63) is 65.7 Å². The first-order chi connectivity index (χ1) is 14.7. The summed E-state index contributed by atoms with van der Waals surface area (Å²) in [7, 11) is 0. The summed E-state index contributed by atoms with van der Waals surface area (Å²) >= 11 is 0. The molecule has 2 aromatic rings. The number of benzene rings is 2.